The number of hydrogen-bond donors (Lipinski definition) is 0. The van der Waals surface area contributed by atoms with Gasteiger partial charge in [-0.3, -0.25) is 0 Å². The van der Waals surface area contributed by atoms with Crippen LogP contribution in [-0.2, 0) is 0 Å². The molecule has 1 aliphatic rings. The zero-order valence-electron chi connectivity index (χ0n) is 9.52. The first kappa shape index (κ1) is 11.1. The van der Waals surface area contributed by atoms with Crippen LogP contribution in [0.1, 0.15) is 71.6 Å². The summed E-state index contributed by atoms with van der Waals surface area (Å²) in [5.41, 5.74) is 0. The zero-order valence-corrected chi connectivity index (χ0v) is 9.52. The lowest BCUT2D eigenvalue weighted by atomic mass is 9.93. The van der Waals surface area contributed by atoms with Gasteiger partial charge in [-0.25, -0.2) is 0 Å². The first-order chi connectivity index (χ1) is 6.36. The largest absolute Gasteiger partial charge is 0.0654 e. The summed E-state index contributed by atoms with van der Waals surface area (Å²) in [6.07, 6.45) is 13.4. The maximum Gasteiger partial charge on any atom is -0.0414 e. The zero-order chi connectivity index (χ0) is 9.52. The Morgan fingerprint density at radius 3 is 2.31 bits per heavy atom. The average Bonchev–Trinajstić information content (AvgIpc) is 2.39. The molecule has 1 rings (SSSR count). The van der Waals surface area contributed by atoms with Gasteiger partial charge >= 0.3 is 0 Å². The van der Waals surface area contributed by atoms with Crippen molar-refractivity contribution in [3.63, 3.8) is 0 Å². The van der Waals surface area contributed by atoms with Gasteiger partial charge in [-0.1, -0.05) is 71.6 Å². The minimum absolute atomic E-state index is 1.06. The molecule has 0 spiro atoms. The highest BCUT2D eigenvalue weighted by atomic mass is 14.2. The molecule has 0 amide bonds. The lowest BCUT2D eigenvalue weighted by Crippen LogP contribution is -1.99. The highest BCUT2D eigenvalue weighted by molar-refractivity contribution is 4.69. The molecule has 0 saturated heterocycles. The molecule has 0 radical (unpaired) electrons. The van der Waals surface area contributed by atoms with Gasteiger partial charge in [-0.05, 0) is 11.8 Å². The van der Waals surface area contributed by atoms with Crippen molar-refractivity contribution in [1.29, 1.82) is 0 Å². The molecule has 1 fully saturated rings. The van der Waals surface area contributed by atoms with Gasteiger partial charge in [-0.2, -0.15) is 0 Å². The van der Waals surface area contributed by atoms with E-state index in [-0.39, 0.29) is 0 Å². The van der Waals surface area contributed by atoms with E-state index in [9.17, 15) is 0 Å². The van der Waals surface area contributed by atoms with Crippen molar-refractivity contribution >= 4 is 0 Å². The van der Waals surface area contributed by atoms with Gasteiger partial charge in [0.05, 0.1) is 0 Å². The Morgan fingerprint density at radius 2 is 1.62 bits per heavy atom. The van der Waals surface area contributed by atoms with Crippen molar-refractivity contribution in [1.82, 2.24) is 0 Å². The molecule has 2 unspecified atom stereocenters. The molecule has 0 bridgehead atoms. The quantitative estimate of drug-likeness (QED) is 0.549. The summed E-state index contributed by atoms with van der Waals surface area (Å²) in [5.74, 6) is 2.14. The van der Waals surface area contributed by atoms with Gasteiger partial charge in [0.15, 0.2) is 0 Å². The first-order valence-corrected chi connectivity index (χ1v) is 6.36. The maximum absolute atomic E-state index is 2.36. The summed E-state index contributed by atoms with van der Waals surface area (Å²) in [7, 11) is 0. The molecule has 0 aromatic rings. The van der Waals surface area contributed by atoms with E-state index >= 15 is 0 Å². The topological polar surface area (TPSA) is 0 Å². The summed E-state index contributed by atoms with van der Waals surface area (Å²) in [6, 6.07) is 0. The van der Waals surface area contributed by atoms with E-state index in [4.69, 9.17) is 0 Å². The monoisotopic (exact) mass is 182 g/mol. The predicted octanol–water partition coefficient (Wildman–Crippen LogP) is 4.78. The third kappa shape index (κ3) is 4.15. The van der Waals surface area contributed by atoms with Crippen LogP contribution in [0.25, 0.3) is 0 Å². The Balaban J connectivity index is 2.19. The van der Waals surface area contributed by atoms with Crippen molar-refractivity contribution in [3.8, 4) is 0 Å². The lowest BCUT2D eigenvalue weighted by molar-refractivity contribution is 0.396. The van der Waals surface area contributed by atoms with E-state index in [1.807, 2.05) is 0 Å². The third-order valence-electron chi connectivity index (χ3n) is 3.75. The Kier molecular flexibility index (Phi) is 5.50. The molecule has 1 aliphatic carbocycles. The summed E-state index contributed by atoms with van der Waals surface area (Å²) < 4.78 is 0. The van der Waals surface area contributed by atoms with Crippen molar-refractivity contribution in [3.05, 3.63) is 0 Å². The second kappa shape index (κ2) is 6.45. The molecule has 0 aromatic heterocycles. The maximum atomic E-state index is 2.36. The van der Waals surface area contributed by atoms with Gasteiger partial charge in [0.1, 0.15) is 0 Å². The van der Waals surface area contributed by atoms with Crippen LogP contribution in [0.2, 0.25) is 0 Å². The molecule has 2 atom stereocenters. The Hall–Kier alpha value is 0. The van der Waals surface area contributed by atoms with Crippen LogP contribution in [0.5, 0.6) is 0 Å². The van der Waals surface area contributed by atoms with Crippen molar-refractivity contribution in [2.24, 2.45) is 11.8 Å². The van der Waals surface area contributed by atoms with Crippen LogP contribution in [0.4, 0.5) is 0 Å². The molecule has 0 aliphatic heterocycles. The normalized spacial score (nSPS) is 30.0. The third-order valence-corrected chi connectivity index (χ3v) is 3.75. The van der Waals surface area contributed by atoms with Crippen LogP contribution in [-0.4, -0.2) is 0 Å². The summed E-state index contributed by atoms with van der Waals surface area (Å²) in [4.78, 5) is 0. The molecule has 0 nitrogen and oxygen atoms in total. The standard InChI is InChI=1S/C13H26/c1-3-5-7-13-9-6-8-12(4-2)10-11-13/h12-13H,3-11H2,1-2H3. The molecule has 0 heterocycles. The van der Waals surface area contributed by atoms with E-state index in [0.29, 0.717) is 0 Å². The SMILES string of the molecule is CCCCC1CCCC(CC)CC1. The smallest absolute Gasteiger partial charge is 0.0414 e. The van der Waals surface area contributed by atoms with Crippen molar-refractivity contribution in [2.45, 2.75) is 71.6 Å². The van der Waals surface area contributed by atoms with E-state index in [1.54, 1.807) is 0 Å². The number of hydrogen-bond acceptors (Lipinski definition) is 0. The van der Waals surface area contributed by atoms with Gasteiger partial charge in [0.25, 0.3) is 0 Å². The fraction of sp³-hybridized carbons (Fsp3) is 1.00. The van der Waals surface area contributed by atoms with Gasteiger partial charge < -0.3 is 0 Å². The molecule has 1 saturated carbocycles. The van der Waals surface area contributed by atoms with Gasteiger partial charge in [0, 0.05) is 0 Å². The predicted molar refractivity (Wildman–Crippen MR) is 59.9 cm³/mol. The van der Waals surface area contributed by atoms with Crippen LogP contribution < -0.4 is 0 Å². The van der Waals surface area contributed by atoms with E-state index in [1.165, 1.54) is 57.8 Å². The summed E-state index contributed by atoms with van der Waals surface area (Å²) in [5, 5.41) is 0. The molecule has 0 heteroatoms. The summed E-state index contributed by atoms with van der Waals surface area (Å²) in [6.45, 7) is 4.67. The molecule has 0 N–H and O–H groups in total. The van der Waals surface area contributed by atoms with Crippen LogP contribution in [0.3, 0.4) is 0 Å². The molecular formula is C13H26. The minimum Gasteiger partial charge on any atom is -0.0654 e. The van der Waals surface area contributed by atoms with Crippen LogP contribution in [0.15, 0.2) is 0 Å². The number of unbranched alkanes of at least 4 members (excludes halogenated alkanes) is 1. The average molecular weight is 182 g/mol. The van der Waals surface area contributed by atoms with E-state index in [2.05, 4.69) is 13.8 Å². The summed E-state index contributed by atoms with van der Waals surface area (Å²) >= 11 is 0. The fourth-order valence-corrected chi connectivity index (χ4v) is 2.65. The second-order valence-electron chi connectivity index (χ2n) is 4.79. The van der Waals surface area contributed by atoms with E-state index in [0.717, 1.165) is 11.8 Å². The van der Waals surface area contributed by atoms with Gasteiger partial charge in [-0.15, -0.1) is 0 Å². The molecular weight excluding hydrogens is 156 g/mol. The second-order valence-corrected chi connectivity index (χ2v) is 4.79. The Morgan fingerprint density at radius 1 is 0.923 bits per heavy atom. The van der Waals surface area contributed by atoms with E-state index < -0.39 is 0 Å². The highest BCUT2D eigenvalue weighted by Gasteiger charge is 2.16. The Labute approximate surface area is 84.1 Å². The minimum atomic E-state index is 1.06. The fourth-order valence-electron chi connectivity index (χ4n) is 2.65. The van der Waals surface area contributed by atoms with Crippen molar-refractivity contribution in [2.75, 3.05) is 0 Å². The van der Waals surface area contributed by atoms with Crippen LogP contribution >= 0.6 is 0 Å². The van der Waals surface area contributed by atoms with Crippen LogP contribution in [0, 0.1) is 11.8 Å². The molecule has 13 heavy (non-hydrogen) atoms. The number of rotatable bonds is 4. The van der Waals surface area contributed by atoms with Gasteiger partial charge in [0.2, 0.25) is 0 Å². The molecule has 78 valence electrons. The molecule has 0 aromatic carbocycles. The van der Waals surface area contributed by atoms with Crippen molar-refractivity contribution < 1.29 is 0 Å². The first-order valence-electron chi connectivity index (χ1n) is 6.36. The highest BCUT2D eigenvalue weighted by Crippen LogP contribution is 2.31. The Bertz CT molecular complexity index is 117. The lowest BCUT2D eigenvalue weighted by Gasteiger charge is -2.13.